The number of sulfonamides is 1. The lowest BCUT2D eigenvalue weighted by atomic mass is 10.2. The van der Waals surface area contributed by atoms with Gasteiger partial charge in [-0.3, -0.25) is 9.78 Å². The third kappa shape index (κ3) is 3.43. The van der Waals surface area contributed by atoms with E-state index in [9.17, 15) is 18.0 Å². The maximum Gasteiger partial charge on any atom is 0.337 e. The summed E-state index contributed by atoms with van der Waals surface area (Å²) in [5.41, 5.74) is 5.65. The zero-order chi connectivity index (χ0) is 18.9. The number of carboxylic acids is 1. The number of aromatic nitrogens is 3. The number of aromatic carboxylic acids is 1. The Kier molecular flexibility index (Phi) is 4.49. The van der Waals surface area contributed by atoms with E-state index in [1.54, 1.807) is 6.07 Å². The van der Waals surface area contributed by atoms with Gasteiger partial charge < -0.3 is 15.8 Å². The van der Waals surface area contributed by atoms with E-state index < -0.39 is 21.6 Å². The van der Waals surface area contributed by atoms with Crippen LogP contribution in [0.15, 0.2) is 40.0 Å². The minimum absolute atomic E-state index is 0.00348. The fourth-order valence-electron chi connectivity index (χ4n) is 2.50. The maximum atomic E-state index is 12.4. The van der Waals surface area contributed by atoms with Gasteiger partial charge in [0, 0.05) is 18.7 Å². The fraction of sp³-hybridized carbons (Fsp3) is 0.133. The first kappa shape index (κ1) is 17.6. The van der Waals surface area contributed by atoms with Gasteiger partial charge in [0.15, 0.2) is 0 Å². The summed E-state index contributed by atoms with van der Waals surface area (Å²) < 4.78 is 27.0. The largest absolute Gasteiger partial charge is 0.478 e. The van der Waals surface area contributed by atoms with Crippen LogP contribution < -0.4 is 16.0 Å². The third-order valence-electron chi connectivity index (χ3n) is 3.66. The van der Waals surface area contributed by atoms with Crippen LogP contribution in [-0.2, 0) is 16.4 Å². The van der Waals surface area contributed by atoms with Crippen LogP contribution in [0.2, 0.25) is 0 Å². The normalized spacial score (nSPS) is 11.7. The molecule has 0 aliphatic rings. The van der Waals surface area contributed by atoms with Gasteiger partial charge in [0.1, 0.15) is 5.65 Å². The minimum Gasteiger partial charge on any atom is -0.478 e. The lowest BCUT2D eigenvalue weighted by Crippen LogP contribution is -2.27. The number of hydrogen-bond acceptors (Lipinski definition) is 6. The summed E-state index contributed by atoms with van der Waals surface area (Å²) in [6.45, 7) is -0.00348. The number of nitrogen functional groups attached to an aromatic ring is 1. The molecule has 0 saturated carbocycles. The third-order valence-corrected chi connectivity index (χ3v) is 5.18. The van der Waals surface area contributed by atoms with Gasteiger partial charge >= 0.3 is 5.97 Å². The van der Waals surface area contributed by atoms with Crippen LogP contribution in [0.1, 0.15) is 16.1 Å². The Hall–Kier alpha value is -3.18. The molecule has 1 aromatic carbocycles. The van der Waals surface area contributed by atoms with Crippen molar-refractivity contribution in [3.05, 3.63) is 51.9 Å². The number of nitrogens with zero attached hydrogens (tertiary/aromatic N) is 1. The number of benzene rings is 1. The molecule has 136 valence electrons. The quantitative estimate of drug-likeness (QED) is 0.404. The second-order valence-electron chi connectivity index (χ2n) is 5.46. The molecule has 0 atom stereocenters. The highest BCUT2D eigenvalue weighted by atomic mass is 32.2. The Labute approximate surface area is 147 Å². The van der Waals surface area contributed by atoms with E-state index in [-0.39, 0.29) is 29.4 Å². The number of rotatable bonds is 6. The predicted octanol–water partition coefficient (Wildman–Crippen LogP) is 0.0526. The van der Waals surface area contributed by atoms with E-state index in [4.69, 9.17) is 10.8 Å². The van der Waals surface area contributed by atoms with E-state index in [1.807, 2.05) is 0 Å². The minimum atomic E-state index is -4.00. The first-order valence-electron chi connectivity index (χ1n) is 7.47. The van der Waals surface area contributed by atoms with Crippen molar-refractivity contribution in [1.82, 2.24) is 19.7 Å². The standard InChI is InChI=1S/C15H15N5O5S/c16-15-19-12-10(13(21)20-15)7-8(18-12)5-6-17-26(24,25)11-4-2-1-3-9(11)14(22)23/h1-4,7,17H,5-6H2,(H,22,23)(H4,16,18,19,20,21). The van der Waals surface area contributed by atoms with Gasteiger partial charge in [-0.05, 0) is 18.2 Å². The Bertz CT molecular complexity index is 1150. The van der Waals surface area contributed by atoms with Crippen molar-refractivity contribution in [2.75, 3.05) is 12.3 Å². The molecule has 26 heavy (non-hydrogen) atoms. The molecule has 0 amide bonds. The lowest BCUT2D eigenvalue weighted by Gasteiger charge is -2.08. The summed E-state index contributed by atoms with van der Waals surface area (Å²) in [5.74, 6) is -1.36. The molecule has 10 nitrogen and oxygen atoms in total. The van der Waals surface area contributed by atoms with E-state index in [2.05, 4.69) is 19.7 Å². The SMILES string of the molecule is Nc1nc2[nH]c(CCNS(=O)(=O)c3ccccc3C(=O)O)cc2c(=O)[nH]1. The Morgan fingerprint density at radius 1 is 1.27 bits per heavy atom. The Balaban J connectivity index is 1.76. The highest BCUT2D eigenvalue weighted by Gasteiger charge is 2.21. The van der Waals surface area contributed by atoms with Crippen molar-refractivity contribution in [2.24, 2.45) is 0 Å². The first-order valence-corrected chi connectivity index (χ1v) is 8.95. The molecule has 11 heteroatoms. The van der Waals surface area contributed by atoms with Crippen molar-refractivity contribution in [3.63, 3.8) is 0 Å². The number of carbonyl (C=O) groups is 1. The second kappa shape index (κ2) is 6.61. The Morgan fingerprint density at radius 3 is 2.73 bits per heavy atom. The van der Waals surface area contributed by atoms with E-state index in [0.717, 1.165) is 0 Å². The van der Waals surface area contributed by atoms with Crippen LogP contribution in [0.4, 0.5) is 5.95 Å². The molecular formula is C15H15N5O5S. The topological polar surface area (TPSA) is 171 Å². The molecule has 3 rings (SSSR count). The predicted molar refractivity (Wildman–Crippen MR) is 93.4 cm³/mol. The summed E-state index contributed by atoms with van der Waals surface area (Å²) in [7, 11) is -4.00. The molecule has 3 aromatic rings. The van der Waals surface area contributed by atoms with Crippen molar-refractivity contribution in [3.8, 4) is 0 Å². The smallest absolute Gasteiger partial charge is 0.337 e. The maximum absolute atomic E-state index is 12.4. The van der Waals surface area contributed by atoms with Crippen molar-refractivity contribution in [1.29, 1.82) is 0 Å². The molecular weight excluding hydrogens is 362 g/mol. The average Bonchev–Trinajstić information content (AvgIpc) is 2.97. The molecule has 0 aliphatic heterocycles. The monoisotopic (exact) mass is 377 g/mol. The molecule has 2 aromatic heterocycles. The van der Waals surface area contributed by atoms with Crippen molar-refractivity contribution in [2.45, 2.75) is 11.3 Å². The number of fused-ring (bicyclic) bond motifs is 1. The zero-order valence-corrected chi connectivity index (χ0v) is 14.1. The van der Waals surface area contributed by atoms with Gasteiger partial charge in [0.2, 0.25) is 16.0 Å². The van der Waals surface area contributed by atoms with Gasteiger partial charge in [-0.2, -0.15) is 4.98 Å². The number of carboxylic acid groups (broad SMARTS) is 1. The molecule has 6 N–H and O–H groups in total. The first-order chi connectivity index (χ1) is 12.3. The van der Waals surface area contributed by atoms with Crippen LogP contribution in [0.5, 0.6) is 0 Å². The van der Waals surface area contributed by atoms with Crippen LogP contribution in [0.3, 0.4) is 0 Å². The number of anilines is 1. The van der Waals surface area contributed by atoms with Crippen LogP contribution in [0.25, 0.3) is 11.0 Å². The summed E-state index contributed by atoms with van der Waals surface area (Å²) in [4.78, 5) is 31.9. The van der Waals surface area contributed by atoms with Gasteiger partial charge in [0.05, 0.1) is 15.8 Å². The summed E-state index contributed by atoms with van der Waals surface area (Å²) >= 11 is 0. The van der Waals surface area contributed by atoms with Crippen LogP contribution >= 0.6 is 0 Å². The number of aromatic amines is 2. The molecule has 0 aliphatic carbocycles. The highest BCUT2D eigenvalue weighted by Crippen LogP contribution is 2.15. The van der Waals surface area contributed by atoms with Crippen molar-refractivity contribution >= 4 is 33.0 Å². The molecule has 0 saturated heterocycles. The van der Waals surface area contributed by atoms with Gasteiger partial charge in [-0.25, -0.2) is 17.9 Å². The number of nitrogens with one attached hydrogen (secondary N) is 3. The lowest BCUT2D eigenvalue weighted by molar-refractivity contribution is 0.0692. The Morgan fingerprint density at radius 2 is 2.00 bits per heavy atom. The highest BCUT2D eigenvalue weighted by molar-refractivity contribution is 7.89. The zero-order valence-electron chi connectivity index (χ0n) is 13.3. The second-order valence-corrected chi connectivity index (χ2v) is 7.19. The molecule has 0 fully saturated rings. The fourth-order valence-corrected chi connectivity index (χ4v) is 3.73. The number of hydrogen-bond donors (Lipinski definition) is 5. The molecule has 0 radical (unpaired) electrons. The molecule has 2 heterocycles. The van der Waals surface area contributed by atoms with E-state index >= 15 is 0 Å². The van der Waals surface area contributed by atoms with E-state index in [0.29, 0.717) is 16.7 Å². The summed E-state index contributed by atoms with van der Waals surface area (Å²) in [6, 6.07) is 6.89. The molecule has 0 unspecified atom stereocenters. The van der Waals surface area contributed by atoms with Crippen LogP contribution in [-0.4, -0.2) is 41.0 Å². The van der Waals surface area contributed by atoms with E-state index in [1.165, 1.54) is 24.3 Å². The molecule has 0 bridgehead atoms. The van der Waals surface area contributed by atoms with Gasteiger partial charge in [-0.1, -0.05) is 12.1 Å². The van der Waals surface area contributed by atoms with Gasteiger partial charge in [-0.15, -0.1) is 0 Å². The van der Waals surface area contributed by atoms with Crippen molar-refractivity contribution < 1.29 is 18.3 Å². The number of H-pyrrole nitrogens is 2. The molecule has 0 spiro atoms. The summed E-state index contributed by atoms with van der Waals surface area (Å²) in [5, 5.41) is 9.43. The van der Waals surface area contributed by atoms with Gasteiger partial charge in [0.25, 0.3) is 5.56 Å². The average molecular weight is 377 g/mol. The van der Waals surface area contributed by atoms with Crippen LogP contribution in [0, 0.1) is 0 Å². The number of nitrogens with two attached hydrogens (primary N) is 1. The summed E-state index contributed by atoms with van der Waals surface area (Å²) in [6.07, 6.45) is 0.240.